The SMILES string of the molecule is CC(=O)Nc1ccc(Sc2ccccc2C)cc1N.Cc1ccccc1SCCC(N)C(=O)Nc1ccccc1. The number of nitrogen functional groups attached to an aromatic ring is 1. The van der Waals surface area contributed by atoms with Crippen LogP contribution in [0.1, 0.15) is 24.5 Å². The molecule has 0 saturated heterocycles. The van der Waals surface area contributed by atoms with Crippen molar-refractivity contribution in [3.63, 3.8) is 0 Å². The van der Waals surface area contributed by atoms with Gasteiger partial charge in [0, 0.05) is 27.3 Å². The Kier molecular flexibility index (Phi) is 12.1. The number of rotatable bonds is 9. The van der Waals surface area contributed by atoms with Gasteiger partial charge in [0.1, 0.15) is 0 Å². The molecule has 4 aromatic carbocycles. The molecule has 0 radical (unpaired) electrons. The molecule has 0 aliphatic carbocycles. The summed E-state index contributed by atoms with van der Waals surface area (Å²) < 4.78 is 0. The van der Waals surface area contributed by atoms with Gasteiger partial charge < -0.3 is 22.1 Å². The average molecular weight is 573 g/mol. The Morgan fingerprint density at radius 2 is 1.40 bits per heavy atom. The van der Waals surface area contributed by atoms with Gasteiger partial charge in [0.25, 0.3) is 0 Å². The molecule has 208 valence electrons. The van der Waals surface area contributed by atoms with E-state index in [4.69, 9.17) is 11.5 Å². The Labute approximate surface area is 245 Å². The minimum Gasteiger partial charge on any atom is -0.397 e. The molecular formula is C32H36N4O2S2. The topological polar surface area (TPSA) is 110 Å². The lowest BCUT2D eigenvalue weighted by Gasteiger charge is -2.12. The van der Waals surface area contributed by atoms with Crippen molar-refractivity contribution in [2.45, 2.75) is 47.9 Å². The van der Waals surface area contributed by atoms with Gasteiger partial charge in [-0.1, -0.05) is 66.4 Å². The van der Waals surface area contributed by atoms with Crippen molar-refractivity contribution in [3.8, 4) is 0 Å². The standard InChI is InChI=1S/C17H20N2OS.C15H16N2OS/c1-13-7-5-6-10-16(13)21-12-11-15(18)17(20)19-14-8-3-2-4-9-14;1-10-5-3-4-6-15(10)19-12-7-8-14(13(16)9-12)17-11(2)18/h2-10,15H,11-12,18H2,1H3,(H,19,20);3-9H,16H2,1-2H3,(H,17,18). The number of anilines is 3. The second-order valence-electron chi connectivity index (χ2n) is 9.16. The minimum atomic E-state index is -0.485. The number of carbonyl (C=O) groups excluding carboxylic acids is 2. The monoisotopic (exact) mass is 572 g/mol. The van der Waals surface area contributed by atoms with E-state index in [0.717, 1.165) is 16.3 Å². The maximum absolute atomic E-state index is 12.0. The van der Waals surface area contributed by atoms with E-state index in [0.29, 0.717) is 17.8 Å². The first kappa shape index (κ1) is 30.8. The second-order valence-corrected chi connectivity index (χ2v) is 11.4. The van der Waals surface area contributed by atoms with Gasteiger partial charge in [-0.15, -0.1) is 11.8 Å². The Balaban J connectivity index is 0.000000222. The summed E-state index contributed by atoms with van der Waals surface area (Å²) in [5, 5.41) is 5.53. The van der Waals surface area contributed by atoms with Gasteiger partial charge in [-0.2, -0.15) is 0 Å². The number of benzene rings is 4. The van der Waals surface area contributed by atoms with Crippen LogP contribution in [0, 0.1) is 13.8 Å². The van der Waals surface area contributed by atoms with Crippen LogP contribution in [0.25, 0.3) is 0 Å². The van der Waals surface area contributed by atoms with E-state index in [9.17, 15) is 9.59 Å². The number of nitrogens with two attached hydrogens (primary N) is 2. The van der Waals surface area contributed by atoms with Crippen molar-refractivity contribution in [2.75, 3.05) is 22.1 Å². The summed E-state index contributed by atoms with van der Waals surface area (Å²) in [6, 6.07) is 31.0. The largest absolute Gasteiger partial charge is 0.397 e. The maximum Gasteiger partial charge on any atom is 0.241 e. The number of para-hydroxylation sites is 1. The van der Waals surface area contributed by atoms with Crippen LogP contribution in [0.3, 0.4) is 0 Å². The number of amides is 2. The number of thioether (sulfide) groups is 1. The van der Waals surface area contributed by atoms with Crippen molar-refractivity contribution < 1.29 is 9.59 Å². The van der Waals surface area contributed by atoms with Gasteiger partial charge in [-0.3, -0.25) is 9.59 Å². The predicted molar refractivity (Wildman–Crippen MR) is 170 cm³/mol. The molecule has 0 aliphatic heterocycles. The highest BCUT2D eigenvalue weighted by atomic mass is 32.2. The van der Waals surface area contributed by atoms with E-state index in [1.807, 2.05) is 72.8 Å². The molecule has 4 aromatic rings. The molecule has 6 nitrogen and oxygen atoms in total. The summed E-state index contributed by atoms with van der Waals surface area (Å²) in [6.07, 6.45) is 0.650. The van der Waals surface area contributed by atoms with Crippen LogP contribution in [-0.2, 0) is 9.59 Å². The summed E-state index contributed by atoms with van der Waals surface area (Å²) in [7, 11) is 0. The van der Waals surface area contributed by atoms with E-state index in [1.54, 1.807) is 23.5 Å². The van der Waals surface area contributed by atoms with Gasteiger partial charge >= 0.3 is 0 Å². The van der Waals surface area contributed by atoms with Gasteiger partial charge in [0.2, 0.25) is 11.8 Å². The minimum absolute atomic E-state index is 0.119. The summed E-state index contributed by atoms with van der Waals surface area (Å²) in [6.45, 7) is 5.64. The van der Waals surface area contributed by atoms with Crippen LogP contribution in [0.15, 0.2) is 112 Å². The average Bonchev–Trinajstić information content (AvgIpc) is 2.93. The molecule has 40 heavy (non-hydrogen) atoms. The first-order chi connectivity index (χ1) is 19.2. The molecule has 6 N–H and O–H groups in total. The number of hydrogen-bond acceptors (Lipinski definition) is 6. The molecular weight excluding hydrogens is 537 g/mol. The third-order valence-electron chi connectivity index (χ3n) is 5.81. The zero-order valence-electron chi connectivity index (χ0n) is 23.0. The highest BCUT2D eigenvalue weighted by molar-refractivity contribution is 7.99. The first-order valence-corrected chi connectivity index (χ1v) is 14.7. The molecule has 0 spiro atoms. The van der Waals surface area contributed by atoms with Crippen molar-refractivity contribution in [3.05, 3.63) is 108 Å². The van der Waals surface area contributed by atoms with Crippen molar-refractivity contribution in [2.24, 2.45) is 5.73 Å². The fourth-order valence-electron chi connectivity index (χ4n) is 3.61. The van der Waals surface area contributed by atoms with Crippen molar-refractivity contribution in [1.29, 1.82) is 0 Å². The van der Waals surface area contributed by atoms with Crippen LogP contribution in [0.4, 0.5) is 17.1 Å². The summed E-state index contributed by atoms with van der Waals surface area (Å²) >= 11 is 3.40. The normalized spacial score (nSPS) is 11.1. The molecule has 2 amide bonds. The molecule has 0 aliphatic rings. The Morgan fingerprint density at radius 1 is 0.800 bits per heavy atom. The lowest BCUT2D eigenvalue weighted by atomic mass is 10.2. The fraction of sp³-hybridized carbons (Fsp3) is 0.188. The molecule has 1 atom stereocenters. The molecule has 4 rings (SSSR count). The summed E-state index contributed by atoms with van der Waals surface area (Å²) in [5.41, 5.74) is 16.4. The lowest BCUT2D eigenvalue weighted by molar-refractivity contribution is -0.117. The van der Waals surface area contributed by atoms with Crippen molar-refractivity contribution in [1.82, 2.24) is 0 Å². The number of aryl methyl sites for hydroxylation is 2. The third-order valence-corrected chi connectivity index (χ3v) is 8.19. The third kappa shape index (κ3) is 10.1. The number of hydrogen-bond donors (Lipinski definition) is 4. The maximum atomic E-state index is 12.0. The highest BCUT2D eigenvalue weighted by Crippen LogP contribution is 2.33. The van der Waals surface area contributed by atoms with Gasteiger partial charge in [0.15, 0.2) is 0 Å². The molecule has 0 saturated carbocycles. The van der Waals surface area contributed by atoms with E-state index >= 15 is 0 Å². The van der Waals surface area contributed by atoms with E-state index in [2.05, 4.69) is 48.7 Å². The summed E-state index contributed by atoms with van der Waals surface area (Å²) in [5.74, 6) is 0.575. The van der Waals surface area contributed by atoms with Gasteiger partial charge in [-0.05, 0) is 79.6 Å². The van der Waals surface area contributed by atoms with Crippen molar-refractivity contribution >= 4 is 52.4 Å². The lowest BCUT2D eigenvalue weighted by Crippen LogP contribution is -2.36. The fourth-order valence-corrected chi connectivity index (χ4v) is 5.62. The predicted octanol–water partition coefficient (Wildman–Crippen LogP) is 7.13. The quantitative estimate of drug-likeness (QED) is 0.125. The van der Waals surface area contributed by atoms with Crippen LogP contribution in [0.2, 0.25) is 0 Å². The van der Waals surface area contributed by atoms with E-state index in [-0.39, 0.29) is 11.8 Å². The Morgan fingerprint density at radius 3 is 2.00 bits per heavy atom. The zero-order valence-corrected chi connectivity index (χ0v) is 24.6. The van der Waals surface area contributed by atoms with Crippen LogP contribution >= 0.6 is 23.5 Å². The first-order valence-electron chi connectivity index (χ1n) is 12.9. The summed E-state index contributed by atoms with van der Waals surface area (Å²) in [4.78, 5) is 26.5. The number of carbonyl (C=O) groups is 2. The molecule has 0 heterocycles. The van der Waals surface area contributed by atoms with Gasteiger partial charge in [-0.25, -0.2) is 0 Å². The van der Waals surface area contributed by atoms with E-state index in [1.165, 1.54) is 27.8 Å². The van der Waals surface area contributed by atoms with Gasteiger partial charge in [0.05, 0.1) is 17.4 Å². The van der Waals surface area contributed by atoms with Crippen LogP contribution in [0.5, 0.6) is 0 Å². The highest BCUT2D eigenvalue weighted by Gasteiger charge is 2.13. The smallest absolute Gasteiger partial charge is 0.241 e. The molecule has 0 bridgehead atoms. The Bertz CT molecular complexity index is 1410. The Hall–Kier alpha value is -3.72. The van der Waals surface area contributed by atoms with E-state index < -0.39 is 6.04 Å². The number of nitrogens with one attached hydrogen (secondary N) is 2. The molecule has 0 aromatic heterocycles. The zero-order chi connectivity index (χ0) is 28.9. The molecule has 1 unspecified atom stereocenters. The van der Waals surface area contributed by atoms with Crippen LogP contribution in [-0.4, -0.2) is 23.6 Å². The molecule has 8 heteroatoms. The van der Waals surface area contributed by atoms with Crippen LogP contribution < -0.4 is 22.1 Å². The second kappa shape index (κ2) is 15.8. The molecule has 0 fully saturated rings.